The molecular weight excluding hydrogens is 656 g/mol. The van der Waals surface area contributed by atoms with Gasteiger partial charge in [-0.15, -0.1) is 10.2 Å². The van der Waals surface area contributed by atoms with Gasteiger partial charge in [0.05, 0.1) is 11.1 Å². The van der Waals surface area contributed by atoms with Crippen molar-refractivity contribution in [2.24, 2.45) is 0 Å². The lowest BCUT2D eigenvalue weighted by Crippen LogP contribution is -2.68. The smallest absolute Gasteiger partial charge is 0.294 e. The van der Waals surface area contributed by atoms with Crippen molar-refractivity contribution in [2.75, 3.05) is 0 Å². The Morgan fingerprint density at radius 1 is 0.688 bits per heavy atom. The minimum Gasteiger partial charge on any atom is -0.436 e. The lowest BCUT2D eigenvalue weighted by Gasteiger charge is -2.17. The number of halogens is 1. The fourth-order valence-corrected chi connectivity index (χ4v) is 5.66. The average Bonchev–Trinajstić information content (AvgIpc) is 3.57. The largest absolute Gasteiger partial charge is 0.436 e. The number of benzene rings is 4. The van der Waals surface area contributed by atoms with E-state index in [2.05, 4.69) is 52.9 Å². The summed E-state index contributed by atoms with van der Waals surface area (Å²) >= 11 is 0. The van der Waals surface area contributed by atoms with E-state index in [1.54, 1.807) is 18.3 Å². The molecule has 12 heteroatoms. The number of rotatable bonds is 9. The molecule has 6 rings (SSSR count). The first-order valence-corrected chi connectivity index (χ1v) is 17.5. The molecule has 0 saturated carbocycles. The highest BCUT2D eigenvalue weighted by Gasteiger charge is 2.23. The minimum absolute atomic E-state index is 0.130. The van der Waals surface area contributed by atoms with Gasteiger partial charge in [-0.25, -0.2) is 23.6 Å². The van der Waals surface area contributed by atoms with Crippen molar-refractivity contribution in [3.05, 3.63) is 128 Å². The minimum atomic E-state index is -4.94. The van der Waals surface area contributed by atoms with Gasteiger partial charge >= 0.3 is 0 Å². The molecule has 0 atom stereocenters. The van der Waals surface area contributed by atoms with Gasteiger partial charge < -0.3 is 4.42 Å². The van der Waals surface area contributed by atoms with Gasteiger partial charge in [0.2, 0.25) is 17.3 Å². The van der Waals surface area contributed by atoms with Crippen LogP contribution in [-0.2, 0) is 16.7 Å². The molecule has 0 aliphatic heterocycles. The van der Waals surface area contributed by atoms with Gasteiger partial charge in [0, 0.05) is 40.8 Å². The number of hydrogen-bond acceptors (Lipinski definition) is 8. The second kappa shape index (κ2) is 15.0. The van der Waals surface area contributed by atoms with Crippen LogP contribution in [-0.4, -0.2) is 18.0 Å². The summed E-state index contributed by atoms with van der Waals surface area (Å²) < 4.78 is 75.3. The number of pyridine rings is 1. The molecule has 0 bridgehead atoms. The third-order valence-electron chi connectivity index (χ3n) is 7.45. The summed E-state index contributed by atoms with van der Waals surface area (Å²) in [5.41, 5.74) is 7.87. The first kappa shape index (κ1) is 34.6. The van der Waals surface area contributed by atoms with Gasteiger partial charge in [0.25, 0.3) is 10.1 Å². The predicted molar refractivity (Wildman–Crippen MR) is 169 cm³/mol. The van der Waals surface area contributed by atoms with Crippen LogP contribution in [0.5, 0.6) is 0 Å². The van der Waals surface area contributed by atoms with Gasteiger partial charge in [-0.2, -0.15) is 13.0 Å². The molecule has 2 aromatic heterocycles. The van der Waals surface area contributed by atoms with Crippen LogP contribution in [0.3, 0.4) is 0 Å². The highest BCUT2D eigenvalue weighted by molar-refractivity contribution is 7.85. The highest BCUT2D eigenvalue weighted by Crippen LogP contribution is 2.32. The first-order chi connectivity index (χ1) is 22.9. The van der Waals surface area contributed by atoms with Crippen LogP contribution in [0.4, 0.5) is 0 Å². The maximum atomic E-state index is 11.7. The molecule has 10 nitrogen and oxygen atoms in total. The van der Waals surface area contributed by atoms with Crippen LogP contribution in [0, 0.1) is 10.2 Å². The number of unbranched alkanes of at least 4 members (excludes halogenated alkanes) is 1. The van der Waals surface area contributed by atoms with Gasteiger partial charge in [-0.3, -0.25) is 4.55 Å². The molecule has 0 saturated heterocycles. The van der Waals surface area contributed by atoms with E-state index in [9.17, 15) is 13.0 Å². The molecule has 0 unspecified atom stereocenters. The van der Waals surface area contributed by atoms with Gasteiger partial charge in [-0.1, -0.05) is 74.0 Å². The zero-order valence-corrected chi connectivity index (χ0v) is 27.3. The van der Waals surface area contributed by atoms with Crippen molar-refractivity contribution >= 4 is 10.1 Å². The number of hydrogen-bond donors (Lipinski definition) is 1. The molecule has 48 heavy (non-hydrogen) atoms. The third-order valence-corrected chi connectivity index (χ3v) is 8.32. The van der Waals surface area contributed by atoms with Crippen molar-refractivity contribution in [3.63, 3.8) is 0 Å². The van der Waals surface area contributed by atoms with Gasteiger partial charge in [0.1, 0.15) is 6.54 Å². The molecule has 0 spiro atoms. The van der Waals surface area contributed by atoms with Crippen LogP contribution in [0.1, 0.15) is 19.8 Å². The number of nitrogens with zero attached hydrogens (tertiary/aromatic N) is 2. The van der Waals surface area contributed by atoms with E-state index < -0.39 is 20.4 Å². The summed E-state index contributed by atoms with van der Waals surface area (Å²) in [4.78, 5) is 4.35. The lowest BCUT2D eigenvalue weighted by atomic mass is 9.98. The summed E-state index contributed by atoms with van der Waals surface area (Å²) in [5, 5.41) is 0. The topological polar surface area (TPSA) is 177 Å². The Morgan fingerprint density at radius 2 is 1.17 bits per heavy atom. The quantitative estimate of drug-likeness (QED) is 0.176. The number of oxazole rings is 1. The molecule has 0 aliphatic carbocycles. The van der Waals surface area contributed by atoms with Crippen molar-refractivity contribution in [1.82, 2.24) is 4.98 Å². The zero-order valence-electron chi connectivity index (χ0n) is 25.7. The monoisotopic (exact) mass is 686 g/mol. The standard InChI is InChI=1S/C36H30N2O4S.ClHO4/c1-2-3-22-38-33(27-14-16-29(17-15-27)35-25-37-36(42-35)30-12-8-5-9-13-30)23-31(26-10-6-4-7-11-26)24-34(38)28-18-20-32(21-19-28)43(39,40)41;2-1(3,4)5/h4-21,23-25H,2-3,22H2,1H3;(H,2,3,4,5). The van der Waals surface area contributed by atoms with E-state index in [-0.39, 0.29) is 4.90 Å². The Balaban J connectivity index is 0.000000840. The molecule has 246 valence electrons. The maximum absolute atomic E-state index is 11.7. The summed E-state index contributed by atoms with van der Waals surface area (Å²) in [6.45, 7) is 2.94. The van der Waals surface area contributed by atoms with Crippen LogP contribution in [0.15, 0.2) is 137 Å². The second-order valence-electron chi connectivity index (χ2n) is 10.7. The fraction of sp³-hybridized carbons (Fsp3) is 0.111. The normalized spacial score (nSPS) is 11.5. The van der Waals surface area contributed by atoms with E-state index in [4.69, 9.17) is 23.1 Å². The van der Waals surface area contributed by atoms with Crippen molar-refractivity contribution in [3.8, 4) is 56.4 Å². The van der Waals surface area contributed by atoms with Crippen LogP contribution >= 0.6 is 0 Å². The van der Waals surface area contributed by atoms with Crippen LogP contribution in [0.2, 0.25) is 0 Å². The van der Waals surface area contributed by atoms with E-state index in [1.165, 1.54) is 12.1 Å². The lowest BCUT2D eigenvalue weighted by molar-refractivity contribution is -2.00. The van der Waals surface area contributed by atoms with Crippen molar-refractivity contribution in [1.29, 1.82) is 0 Å². The Bertz CT molecular complexity index is 2060. The third kappa shape index (κ3) is 9.00. The fourth-order valence-electron chi connectivity index (χ4n) is 5.18. The molecular formula is C36H31ClN2O8S. The zero-order chi connectivity index (χ0) is 34.3. The average molecular weight is 687 g/mol. The SMILES string of the molecule is CCCC[n+]1c(-c2ccc(-c3cnc(-c4ccccc4)o3)cc2)cc(-c2ccccc2)cc1-c1ccc(S(=O)(=O)O)cc1.[O-][Cl+3]([O-])([O-])[O-]. The molecule has 6 aromatic rings. The molecule has 0 fully saturated rings. The van der Waals surface area contributed by atoms with Crippen molar-refractivity contribution in [2.45, 2.75) is 31.2 Å². The summed E-state index contributed by atoms with van der Waals surface area (Å²) in [6.07, 6.45) is 3.74. The summed E-state index contributed by atoms with van der Waals surface area (Å²) in [6, 6.07) is 39.0. The predicted octanol–water partition coefficient (Wildman–Crippen LogP) is 3.59. The Labute approximate surface area is 280 Å². The van der Waals surface area contributed by atoms with Crippen LogP contribution < -0.4 is 23.2 Å². The summed E-state index contributed by atoms with van der Waals surface area (Å²) in [7, 11) is -9.23. The van der Waals surface area contributed by atoms with Gasteiger partial charge in [-0.05, 0) is 59.7 Å². The van der Waals surface area contributed by atoms with E-state index in [0.29, 0.717) is 11.7 Å². The van der Waals surface area contributed by atoms with Crippen molar-refractivity contribution < 1.29 is 50.8 Å². The van der Waals surface area contributed by atoms with E-state index in [1.807, 2.05) is 60.7 Å². The van der Waals surface area contributed by atoms with Crippen LogP contribution in [0.25, 0.3) is 56.4 Å². The van der Waals surface area contributed by atoms with E-state index >= 15 is 0 Å². The molecule has 1 N–H and O–H groups in total. The second-order valence-corrected chi connectivity index (χ2v) is 12.9. The Kier molecular flexibility index (Phi) is 10.8. The number of aromatic nitrogens is 2. The first-order valence-electron chi connectivity index (χ1n) is 14.9. The van der Waals surface area contributed by atoms with Gasteiger partial charge in [0.15, 0.2) is 5.76 Å². The molecule has 0 aliphatic rings. The molecule has 4 aromatic carbocycles. The van der Waals surface area contributed by atoms with E-state index in [0.717, 1.165) is 64.2 Å². The Hall–Kier alpha value is -4.72. The highest BCUT2D eigenvalue weighted by atomic mass is 35.7. The Morgan fingerprint density at radius 3 is 1.67 bits per heavy atom. The maximum Gasteiger partial charge on any atom is 0.294 e. The molecule has 0 radical (unpaired) electrons. The molecule has 0 amide bonds. The molecule has 2 heterocycles. The summed E-state index contributed by atoms with van der Waals surface area (Å²) in [5.74, 6) is 1.28.